The van der Waals surface area contributed by atoms with Crippen LogP contribution >= 0.6 is 0 Å². The van der Waals surface area contributed by atoms with E-state index in [1.54, 1.807) is 0 Å². The molecule has 18 heavy (non-hydrogen) atoms. The Morgan fingerprint density at radius 1 is 1.39 bits per heavy atom. The first kappa shape index (κ1) is 13.1. The molecule has 1 amide bonds. The van der Waals surface area contributed by atoms with Gasteiger partial charge in [-0.2, -0.15) is 0 Å². The SMILES string of the molecule is CCCCC(N)C(=O)Nc1ccc2c(c1)CCC2. The number of anilines is 1. The number of nitrogens with one attached hydrogen (secondary N) is 1. The fourth-order valence-electron chi connectivity index (χ4n) is 2.44. The number of benzene rings is 1. The summed E-state index contributed by atoms with van der Waals surface area (Å²) in [5, 5.41) is 2.92. The largest absolute Gasteiger partial charge is 0.325 e. The molecule has 3 N–H and O–H groups in total. The minimum Gasteiger partial charge on any atom is -0.325 e. The molecule has 0 aromatic heterocycles. The topological polar surface area (TPSA) is 55.1 Å². The molecular formula is C15H22N2O. The fraction of sp³-hybridized carbons (Fsp3) is 0.533. The highest BCUT2D eigenvalue weighted by atomic mass is 16.2. The van der Waals surface area contributed by atoms with Crippen molar-refractivity contribution < 1.29 is 4.79 Å². The zero-order valence-electron chi connectivity index (χ0n) is 11.0. The highest BCUT2D eigenvalue weighted by Crippen LogP contribution is 2.24. The van der Waals surface area contributed by atoms with Crippen molar-refractivity contribution in [2.75, 3.05) is 5.32 Å². The van der Waals surface area contributed by atoms with E-state index in [0.717, 1.165) is 31.4 Å². The number of hydrogen-bond donors (Lipinski definition) is 2. The summed E-state index contributed by atoms with van der Waals surface area (Å²) in [5.74, 6) is -0.0682. The molecule has 0 spiro atoms. The van der Waals surface area contributed by atoms with Gasteiger partial charge in [-0.1, -0.05) is 25.8 Å². The number of rotatable bonds is 5. The van der Waals surface area contributed by atoms with Gasteiger partial charge in [0, 0.05) is 5.69 Å². The Balaban J connectivity index is 1.94. The van der Waals surface area contributed by atoms with Crippen LogP contribution in [0.2, 0.25) is 0 Å². The van der Waals surface area contributed by atoms with E-state index in [4.69, 9.17) is 5.73 Å². The van der Waals surface area contributed by atoms with Crippen molar-refractivity contribution in [1.82, 2.24) is 0 Å². The van der Waals surface area contributed by atoms with Crippen molar-refractivity contribution in [1.29, 1.82) is 0 Å². The van der Waals surface area contributed by atoms with Crippen molar-refractivity contribution in [2.24, 2.45) is 5.73 Å². The molecular weight excluding hydrogens is 224 g/mol. The molecule has 0 heterocycles. The number of amides is 1. The zero-order valence-corrected chi connectivity index (χ0v) is 11.0. The normalized spacial score (nSPS) is 15.2. The minimum atomic E-state index is -0.391. The van der Waals surface area contributed by atoms with Crippen molar-refractivity contribution >= 4 is 11.6 Å². The van der Waals surface area contributed by atoms with Gasteiger partial charge >= 0.3 is 0 Å². The molecule has 0 aliphatic heterocycles. The molecule has 0 radical (unpaired) electrons. The number of carbonyl (C=O) groups excluding carboxylic acids is 1. The van der Waals surface area contributed by atoms with Gasteiger partial charge < -0.3 is 11.1 Å². The molecule has 0 saturated heterocycles. The van der Waals surface area contributed by atoms with E-state index >= 15 is 0 Å². The first-order valence-electron chi connectivity index (χ1n) is 6.89. The third-order valence-electron chi connectivity index (χ3n) is 3.57. The number of carbonyl (C=O) groups is 1. The number of fused-ring (bicyclic) bond motifs is 1. The molecule has 3 nitrogen and oxygen atoms in total. The summed E-state index contributed by atoms with van der Waals surface area (Å²) in [7, 11) is 0. The molecule has 3 heteroatoms. The number of nitrogens with two attached hydrogens (primary N) is 1. The van der Waals surface area contributed by atoms with Crippen LogP contribution in [0.5, 0.6) is 0 Å². The zero-order chi connectivity index (χ0) is 13.0. The monoisotopic (exact) mass is 246 g/mol. The van der Waals surface area contributed by atoms with Crippen LogP contribution in [0.15, 0.2) is 18.2 Å². The molecule has 1 aliphatic carbocycles. The van der Waals surface area contributed by atoms with E-state index in [0.29, 0.717) is 0 Å². The molecule has 1 unspecified atom stereocenters. The quantitative estimate of drug-likeness (QED) is 0.839. The number of unbranched alkanes of at least 4 members (excludes halogenated alkanes) is 1. The van der Waals surface area contributed by atoms with E-state index in [2.05, 4.69) is 24.4 Å². The summed E-state index contributed by atoms with van der Waals surface area (Å²) in [6.45, 7) is 2.10. The number of aryl methyl sites for hydroxylation is 2. The molecule has 1 aromatic carbocycles. The van der Waals surface area contributed by atoms with Crippen molar-refractivity contribution in [3.63, 3.8) is 0 Å². The summed E-state index contributed by atoms with van der Waals surface area (Å²) in [6.07, 6.45) is 6.34. The molecule has 0 fully saturated rings. The Labute approximate surface area is 109 Å². The lowest BCUT2D eigenvalue weighted by atomic mass is 10.1. The average Bonchev–Trinajstić information content (AvgIpc) is 2.83. The van der Waals surface area contributed by atoms with Gasteiger partial charge in [0.15, 0.2) is 0 Å². The Bertz CT molecular complexity index is 429. The van der Waals surface area contributed by atoms with Gasteiger partial charge in [0.1, 0.15) is 0 Å². The van der Waals surface area contributed by atoms with Crippen LogP contribution in [-0.4, -0.2) is 11.9 Å². The van der Waals surface area contributed by atoms with Crippen LogP contribution in [0.1, 0.15) is 43.7 Å². The summed E-state index contributed by atoms with van der Waals surface area (Å²) < 4.78 is 0. The van der Waals surface area contributed by atoms with Gasteiger partial charge in [0.25, 0.3) is 0 Å². The highest BCUT2D eigenvalue weighted by molar-refractivity contribution is 5.94. The van der Waals surface area contributed by atoms with Gasteiger partial charge in [-0.25, -0.2) is 0 Å². The second-order valence-electron chi connectivity index (χ2n) is 5.08. The third kappa shape index (κ3) is 3.10. The van der Waals surface area contributed by atoms with Crippen LogP contribution in [-0.2, 0) is 17.6 Å². The first-order chi connectivity index (χ1) is 8.70. The van der Waals surface area contributed by atoms with E-state index < -0.39 is 6.04 Å². The Kier molecular flexibility index (Phi) is 4.37. The van der Waals surface area contributed by atoms with Gasteiger partial charge in [-0.05, 0) is 48.9 Å². The first-order valence-corrected chi connectivity index (χ1v) is 6.89. The molecule has 1 atom stereocenters. The lowest BCUT2D eigenvalue weighted by molar-refractivity contribution is -0.117. The summed E-state index contributed by atoms with van der Waals surface area (Å²) in [4.78, 5) is 11.9. The minimum absolute atomic E-state index is 0.0682. The molecule has 1 aliphatic rings. The Hall–Kier alpha value is -1.35. The predicted molar refractivity (Wildman–Crippen MR) is 74.6 cm³/mol. The highest BCUT2D eigenvalue weighted by Gasteiger charge is 2.15. The third-order valence-corrected chi connectivity index (χ3v) is 3.57. The van der Waals surface area contributed by atoms with Crippen LogP contribution in [0.25, 0.3) is 0 Å². The van der Waals surface area contributed by atoms with E-state index in [1.807, 2.05) is 6.07 Å². The van der Waals surface area contributed by atoms with Crippen LogP contribution in [0.3, 0.4) is 0 Å². The van der Waals surface area contributed by atoms with Crippen molar-refractivity contribution in [3.05, 3.63) is 29.3 Å². The molecule has 0 saturated carbocycles. The van der Waals surface area contributed by atoms with E-state index in [9.17, 15) is 4.79 Å². The van der Waals surface area contributed by atoms with E-state index in [-0.39, 0.29) is 5.91 Å². The maximum absolute atomic E-state index is 11.9. The maximum Gasteiger partial charge on any atom is 0.241 e. The van der Waals surface area contributed by atoms with Gasteiger partial charge in [0.2, 0.25) is 5.91 Å². The predicted octanol–water partition coefficient (Wildman–Crippen LogP) is 2.63. The number of hydrogen-bond acceptors (Lipinski definition) is 2. The summed E-state index contributed by atoms with van der Waals surface area (Å²) >= 11 is 0. The van der Waals surface area contributed by atoms with Crippen molar-refractivity contribution in [2.45, 2.75) is 51.5 Å². The Morgan fingerprint density at radius 3 is 2.94 bits per heavy atom. The van der Waals surface area contributed by atoms with Gasteiger partial charge in [-0.3, -0.25) is 4.79 Å². The standard InChI is InChI=1S/C15H22N2O/c1-2-3-7-14(16)15(18)17-13-9-8-11-5-4-6-12(11)10-13/h8-10,14H,2-7,16H2,1H3,(H,17,18). The second kappa shape index (κ2) is 6.01. The maximum atomic E-state index is 11.9. The fourth-order valence-corrected chi connectivity index (χ4v) is 2.44. The van der Waals surface area contributed by atoms with E-state index in [1.165, 1.54) is 24.0 Å². The smallest absolute Gasteiger partial charge is 0.241 e. The summed E-state index contributed by atoms with van der Waals surface area (Å²) in [5.41, 5.74) is 9.52. The summed E-state index contributed by atoms with van der Waals surface area (Å²) in [6, 6.07) is 5.80. The Morgan fingerprint density at radius 2 is 2.17 bits per heavy atom. The molecule has 1 aromatic rings. The lowest BCUT2D eigenvalue weighted by Gasteiger charge is -2.12. The molecule has 2 rings (SSSR count). The molecule has 0 bridgehead atoms. The second-order valence-corrected chi connectivity index (χ2v) is 5.08. The van der Waals surface area contributed by atoms with Crippen LogP contribution < -0.4 is 11.1 Å². The lowest BCUT2D eigenvalue weighted by Crippen LogP contribution is -2.35. The van der Waals surface area contributed by atoms with Crippen LogP contribution in [0.4, 0.5) is 5.69 Å². The van der Waals surface area contributed by atoms with Crippen LogP contribution in [0, 0.1) is 0 Å². The average molecular weight is 246 g/mol. The molecule has 98 valence electrons. The van der Waals surface area contributed by atoms with Gasteiger partial charge in [-0.15, -0.1) is 0 Å². The van der Waals surface area contributed by atoms with Crippen molar-refractivity contribution in [3.8, 4) is 0 Å². The van der Waals surface area contributed by atoms with Gasteiger partial charge in [0.05, 0.1) is 6.04 Å².